The smallest absolute Gasteiger partial charge is 0.231 e. The minimum Gasteiger partial charge on any atom is -0.494 e. The Kier molecular flexibility index (Phi) is 5.13. The number of allylic oxidation sites excluding steroid dienone is 3. The summed E-state index contributed by atoms with van der Waals surface area (Å²) in [5.74, 6) is 1.18. The first-order valence-corrected chi connectivity index (χ1v) is 9.51. The summed E-state index contributed by atoms with van der Waals surface area (Å²) in [5.41, 5.74) is 7.49. The molecule has 2 unspecified atom stereocenters. The molecule has 1 heterocycles. The van der Waals surface area contributed by atoms with E-state index in [4.69, 9.17) is 15.5 Å². The number of benzene rings is 1. The Bertz CT molecular complexity index is 827. The number of guanidine groups is 1. The third kappa shape index (κ3) is 3.64. The van der Waals surface area contributed by atoms with Crippen LogP contribution in [-0.4, -0.2) is 36.0 Å². The van der Waals surface area contributed by atoms with Gasteiger partial charge in [-0.2, -0.15) is 0 Å². The number of ether oxygens (including phenoxy) is 1. The van der Waals surface area contributed by atoms with Crippen molar-refractivity contribution >= 4 is 17.4 Å². The van der Waals surface area contributed by atoms with E-state index in [0.29, 0.717) is 13.0 Å². The molecule has 0 radical (unpaired) electrons. The lowest BCUT2D eigenvalue weighted by Crippen LogP contribution is -2.54. The quantitative estimate of drug-likeness (QED) is 0.861. The third-order valence-electron chi connectivity index (χ3n) is 5.80. The molecule has 1 aromatic rings. The molecule has 27 heavy (non-hydrogen) atoms. The van der Waals surface area contributed by atoms with Crippen molar-refractivity contribution in [2.45, 2.75) is 45.6 Å². The van der Waals surface area contributed by atoms with Gasteiger partial charge >= 0.3 is 0 Å². The molecule has 2 N–H and O–H groups in total. The Balaban J connectivity index is 1.89. The van der Waals surface area contributed by atoms with Gasteiger partial charge in [-0.05, 0) is 43.0 Å². The predicted molar refractivity (Wildman–Crippen MR) is 109 cm³/mol. The number of carbonyl (C=O) groups is 1. The summed E-state index contributed by atoms with van der Waals surface area (Å²) in [4.78, 5) is 18.6. The second-order valence-corrected chi connectivity index (χ2v) is 7.89. The molecule has 1 aliphatic heterocycles. The number of amides is 1. The van der Waals surface area contributed by atoms with Crippen LogP contribution in [0.25, 0.3) is 5.57 Å². The highest BCUT2D eigenvalue weighted by Crippen LogP contribution is 2.48. The van der Waals surface area contributed by atoms with Crippen LogP contribution in [0, 0.1) is 5.41 Å². The van der Waals surface area contributed by atoms with Gasteiger partial charge in [0.1, 0.15) is 5.75 Å². The second kappa shape index (κ2) is 7.22. The van der Waals surface area contributed by atoms with Gasteiger partial charge in [-0.1, -0.05) is 44.2 Å². The number of aliphatic imine (C=N–C) groups is 1. The van der Waals surface area contributed by atoms with Gasteiger partial charge in [0.15, 0.2) is 5.96 Å². The van der Waals surface area contributed by atoms with Gasteiger partial charge in [0.25, 0.3) is 0 Å². The van der Waals surface area contributed by atoms with Crippen LogP contribution in [0.5, 0.6) is 5.75 Å². The van der Waals surface area contributed by atoms with Crippen molar-refractivity contribution in [2.75, 3.05) is 13.7 Å². The van der Waals surface area contributed by atoms with E-state index in [1.165, 1.54) is 10.5 Å². The highest BCUT2D eigenvalue weighted by molar-refractivity contribution is 5.98. The van der Waals surface area contributed by atoms with Gasteiger partial charge in [0.05, 0.1) is 18.6 Å². The summed E-state index contributed by atoms with van der Waals surface area (Å²) < 4.78 is 5.78. The fraction of sp³-hybridized carbons (Fsp3) is 0.455. The van der Waals surface area contributed by atoms with Crippen LogP contribution in [0.3, 0.4) is 0 Å². The number of nitrogens with two attached hydrogens (primary N) is 1. The lowest BCUT2D eigenvalue weighted by Gasteiger charge is -2.46. The van der Waals surface area contributed by atoms with Crippen LogP contribution in [0.15, 0.2) is 47.5 Å². The van der Waals surface area contributed by atoms with E-state index in [1.807, 2.05) is 19.1 Å². The van der Waals surface area contributed by atoms with Crippen LogP contribution >= 0.6 is 0 Å². The van der Waals surface area contributed by atoms with Crippen molar-refractivity contribution in [1.29, 1.82) is 0 Å². The van der Waals surface area contributed by atoms with Gasteiger partial charge in [-0.25, -0.2) is 4.99 Å². The molecular weight excluding hydrogens is 338 g/mol. The Morgan fingerprint density at radius 2 is 2.07 bits per heavy atom. The second-order valence-electron chi connectivity index (χ2n) is 7.89. The zero-order valence-electron chi connectivity index (χ0n) is 16.7. The lowest BCUT2D eigenvalue weighted by atomic mass is 9.64. The molecule has 1 amide bonds. The van der Waals surface area contributed by atoms with Gasteiger partial charge in [0.2, 0.25) is 5.91 Å². The van der Waals surface area contributed by atoms with Crippen LogP contribution in [0.2, 0.25) is 0 Å². The molecule has 0 fully saturated rings. The monoisotopic (exact) mass is 367 g/mol. The van der Waals surface area contributed by atoms with E-state index in [9.17, 15) is 4.79 Å². The summed E-state index contributed by atoms with van der Waals surface area (Å²) in [6, 6.07) is 8.19. The number of hydrogen-bond acceptors (Lipinski definition) is 4. The van der Waals surface area contributed by atoms with E-state index in [0.717, 1.165) is 24.2 Å². The summed E-state index contributed by atoms with van der Waals surface area (Å²) in [6.45, 7) is 6.99. The van der Waals surface area contributed by atoms with Crippen molar-refractivity contribution in [3.05, 3.63) is 48.1 Å². The summed E-state index contributed by atoms with van der Waals surface area (Å²) in [5, 5.41) is 0. The zero-order valence-corrected chi connectivity index (χ0v) is 16.7. The average molecular weight is 367 g/mol. The molecule has 1 aromatic carbocycles. The molecule has 0 saturated carbocycles. The van der Waals surface area contributed by atoms with Crippen LogP contribution in [0.4, 0.5) is 0 Å². The molecule has 0 bridgehead atoms. The fourth-order valence-electron chi connectivity index (χ4n) is 3.70. The van der Waals surface area contributed by atoms with Gasteiger partial charge in [-0.15, -0.1) is 0 Å². The van der Waals surface area contributed by atoms with Gasteiger partial charge in [-0.3, -0.25) is 9.69 Å². The average Bonchev–Trinajstić information content (AvgIpc) is 2.64. The summed E-state index contributed by atoms with van der Waals surface area (Å²) >= 11 is 0. The first kappa shape index (κ1) is 19.2. The minimum atomic E-state index is -0.576. The summed E-state index contributed by atoms with van der Waals surface area (Å²) in [7, 11) is 1.67. The number of rotatable bonds is 5. The Hall–Kier alpha value is -2.56. The fourth-order valence-corrected chi connectivity index (χ4v) is 3.70. The molecule has 5 nitrogen and oxygen atoms in total. The first-order chi connectivity index (χ1) is 12.8. The van der Waals surface area contributed by atoms with Crippen molar-refractivity contribution in [1.82, 2.24) is 4.90 Å². The van der Waals surface area contributed by atoms with Crippen molar-refractivity contribution in [2.24, 2.45) is 16.1 Å². The van der Waals surface area contributed by atoms with Crippen molar-refractivity contribution in [3.8, 4) is 5.75 Å². The topological polar surface area (TPSA) is 67.9 Å². The van der Waals surface area contributed by atoms with E-state index in [2.05, 4.69) is 44.2 Å². The summed E-state index contributed by atoms with van der Waals surface area (Å²) in [6.07, 6.45) is 8.46. The van der Waals surface area contributed by atoms with Gasteiger partial charge in [0, 0.05) is 12.5 Å². The van der Waals surface area contributed by atoms with E-state index >= 15 is 0 Å². The maximum absolute atomic E-state index is 12.4. The molecule has 0 saturated heterocycles. The van der Waals surface area contributed by atoms with E-state index in [-0.39, 0.29) is 17.3 Å². The SMILES string of the molecule is CCCOc1cccc(C2=CC=CC(C)(C3(C)CC(=O)N(C)C(N)=N3)C2)c1. The first-order valence-electron chi connectivity index (χ1n) is 9.51. The van der Waals surface area contributed by atoms with E-state index in [1.54, 1.807) is 7.05 Å². The van der Waals surface area contributed by atoms with Crippen LogP contribution in [0.1, 0.15) is 45.6 Å². The molecule has 5 heteroatoms. The molecule has 0 spiro atoms. The Morgan fingerprint density at radius 3 is 2.78 bits per heavy atom. The maximum atomic E-state index is 12.4. The number of carbonyl (C=O) groups excluding carboxylic acids is 1. The zero-order chi connectivity index (χ0) is 19.7. The largest absolute Gasteiger partial charge is 0.494 e. The molecule has 144 valence electrons. The van der Waals surface area contributed by atoms with Crippen molar-refractivity contribution < 1.29 is 9.53 Å². The number of nitrogens with zero attached hydrogens (tertiary/aromatic N) is 2. The lowest BCUT2D eigenvalue weighted by molar-refractivity contribution is -0.129. The number of hydrogen-bond donors (Lipinski definition) is 1. The predicted octanol–water partition coefficient (Wildman–Crippen LogP) is 3.76. The van der Waals surface area contributed by atoms with Gasteiger partial charge < -0.3 is 10.5 Å². The highest BCUT2D eigenvalue weighted by Gasteiger charge is 2.48. The molecule has 2 atom stereocenters. The maximum Gasteiger partial charge on any atom is 0.231 e. The normalized spacial score (nSPS) is 28.0. The van der Waals surface area contributed by atoms with Crippen LogP contribution < -0.4 is 10.5 Å². The standard InChI is InChI=1S/C22H29N3O2/c1-5-12-27-18-10-6-8-16(13-18)17-9-7-11-21(2,14-17)22(3)15-19(26)25(4)20(23)24-22/h6-11,13H,5,12,14-15H2,1-4H3,(H2,23,24). The molecule has 1 aliphatic carbocycles. The minimum absolute atomic E-state index is 0.00527. The molecule has 0 aromatic heterocycles. The highest BCUT2D eigenvalue weighted by atomic mass is 16.5. The van der Waals surface area contributed by atoms with Crippen LogP contribution in [-0.2, 0) is 4.79 Å². The van der Waals surface area contributed by atoms with E-state index < -0.39 is 5.54 Å². The molecular formula is C22H29N3O2. The van der Waals surface area contributed by atoms with Crippen molar-refractivity contribution in [3.63, 3.8) is 0 Å². The Morgan fingerprint density at radius 1 is 1.30 bits per heavy atom. The molecule has 2 aliphatic rings. The molecule has 3 rings (SSSR count). The third-order valence-corrected chi connectivity index (χ3v) is 5.80. The Labute approximate surface area is 161 Å².